The Kier molecular flexibility index (Phi) is 4.36. The lowest BCUT2D eigenvalue weighted by Crippen LogP contribution is -2.00. The zero-order chi connectivity index (χ0) is 14.7. The van der Waals surface area contributed by atoms with E-state index in [0.29, 0.717) is 0 Å². The first-order valence-electron chi connectivity index (χ1n) is 6.72. The summed E-state index contributed by atoms with van der Waals surface area (Å²) in [5, 5.41) is 5.66. The van der Waals surface area contributed by atoms with Crippen molar-refractivity contribution in [3.05, 3.63) is 69.1 Å². The average molecular weight is 359 g/mol. The molecule has 3 rings (SSSR count). The molecule has 0 saturated carbocycles. The van der Waals surface area contributed by atoms with Crippen LogP contribution in [0.5, 0.6) is 0 Å². The molecule has 4 heteroatoms. The summed E-state index contributed by atoms with van der Waals surface area (Å²) in [6, 6.07) is 16.7. The normalized spacial score (nSPS) is 10.6. The van der Waals surface area contributed by atoms with Crippen molar-refractivity contribution in [3.8, 4) is 11.1 Å². The van der Waals surface area contributed by atoms with Crippen LogP contribution < -0.4 is 5.32 Å². The molecule has 0 aliphatic heterocycles. The van der Waals surface area contributed by atoms with Gasteiger partial charge in [0.25, 0.3) is 0 Å². The van der Waals surface area contributed by atoms with E-state index in [-0.39, 0.29) is 0 Å². The summed E-state index contributed by atoms with van der Waals surface area (Å²) in [4.78, 5) is 5.71. The molecule has 106 valence electrons. The van der Waals surface area contributed by atoms with Crippen LogP contribution in [0.15, 0.2) is 58.5 Å². The first kappa shape index (κ1) is 14.3. The third kappa shape index (κ3) is 3.52. The van der Waals surface area contributed by atoms with Crippen LogP contribution in [0.2, 0.25) is 0 Å². The number of benzene rings is 1. The Balaban J connectivity index is 1.70. The molecular formula is C17H15BrN2S. The van der Waals surface area contributed by atoms with E-state index in [1.165, 1.54) is 16.0 Å². The second kappa shape index (κ2) is 6.41. The number of aromatic nitrogens is 1. The van der Waals surface area contributed by atoms with Crippen LogP contribution in [0.3, 0.4) is 0 Å². The molecule has 0 aliphatic carbocycles. The minimum Gasteiger partial charge on any atom is -0.379 e. The number of halogens is 1. The molecule has 0 fully saturated rings. The number of pyridine rings is 1. The van der Waals surface area contributed by atoms with Crippen LogP contribution in [0.1, 0.15) is 10.6 Å². The molecule has 0 aliphatic rings. The summed E-state index contributed by atoms with van der Waals surface area (Å²) in [6.45, 7) is 2.83. The van der Waals surface area contributed by atoms with Crippen LogP contribution in [-0.2, 0) is 6.54 Å². The molecule has 0 unspecified atom stereocenters. The van der Waals surface area contributed by atoms with Crippen molar-refractivity contribution in [3.63, 3.8) is 0 Å². The van der Waals surface area contributed by atoms with Crippen molar-refractivity contribution in [2.24, 2.45) is 0 Å². The molecule has 0 bridgehead atoms. The number of anilines is 1. The Morgan fingerprint density at radius 1 is 1.10 bits per heavy atom. The highest BCUT2D eigenvalue weighted by molar-refractivity contribution is 9.10. The molecular weight excluding hydrogens is 344 g/mol. The molecule has 0 saturated heterocycles. The predicted molar refractivity (Wildman–Crippen MR) is 93.8 cm³/mol. The first-order valence-corrected chi connectivity index (χ1v) is 8.39. The fourth-order valence-electron chi connectivity index (χ4n) is 2.15. The lowest BCUT2D eigenvalue weighted by atomic mass is 10.1. The number of thiophene rings is 1. The minimum absolute atomic E-state index is 0.821. The van der Waals surface area contributed by atoms with Crippen molar-refractivity contribution in [1.29, 1.82) is 0 Å². The van der Waals surface area contributed by atoms with Crippen molar-refractivity contribution in [2.45, 2.75) is 13.5 Å². The zero-order valence-electron chi connectivity index (χ0n) is 11.6. The van der Waals surface area contributed by atoms with Gasteiger partial charge < -0.3 is 5.32 Å². The Morgan fingerprint density at radius 2 is 1.90 bits per heavy atom. The highest BCUT2D eigenvalue weighted by Crippen LogP contribution is 2.26. The largest absolute Gasteiger partial charge is 0.379 e. The van der Waals surface area contributed by atoms with E-state index >= 15 is 0 Å². The van der Waals surface area contributed by atoms with Gasteiger partial charge >= 0.3 is 0 Å². The maximum atomic E-state index is 4.40. The summed E-state index contributed by atoms with van der Waals surface area (Å²) in [5.41, 5.74) is 4.63. The summed E-state index contributed by atoms with van der Waals surface area (Å²) >= 11 is 5.17. The number of nitrogens with zero attached hydrogens (tertiary/aromatic N) is 1. The van der Waals surface area contributed by atoms with Crippen LogP contribution in [0, 0.1) is 6.92 Å². The van der Waals surface area contributed by atoms with Crippen molar-refractivity contribution < 1.29 is 0 Å². The Morgan fingerprint density at radius 3 is 2.67 bits per heavy atom. The topological polar surface area (TPSA) is 24.9 Å². The smallest absolute Gasteiger partial charge is 0.106 e. The quantitative estimate of drug-likeness (QED) is 0.623. The van der Waals surface area contributed by atoms with Gasteiger partial charge in [-0.15, -0.1) is 11.3 Å². The number of nitrogens with one attached hydrogen (secondary N) is 1. The van der Waals surface area contributed by atoms with Gasteiger partial charge in [-0.2, -0.15) is 0 Å². The second-order valence-corrected chi connectivity index (χ2v) is 6.60. The fraction of sp³-hybridized carbons (Fsp3) is 0.118. The van der Waals surface area contributed by atoms with Crippen LogP contribution in [0.4, 0.5) is 5.69 Å². The first-order chi connectivity index (χ1) is 10.2. The highest BCUT2D eigenvalue weighted by atomic mass is 79.9. The molecule has 0 spiro atoms. The van der Waals surface area contributed by atoms with Gasteiger partial charge in [-0.05, 0) is 57.6 Å². The zero-order valence-corrected chi connectivity index (χ0v) is 14.0. The maximum Gasteiger partial charge on any atom is 0.106 e. The Hall–Kier alpha value is -1.65. The van der Waals surface area contributed by atoms with E-state index in [4.69, 9.17) is 0 Å². The van der Waals surface area contributed by atoms with Crippen LogP contribution >= 0.6 is 27.3 Å². The number of hydrogen-bond donors (Lipinski definition) is 1. The highest BCUT2D eigenvalue weighted by Gasteiger charge is 2.04. The molecule has 3 aromatic rings. The van der Waals surface area contributed by atoms with E-state index in [9.17, 15) is 0 Å². The maximum absolute atomic E-state index is 4.40. The molecule has 0 amide bonds. The lowest BCUT2D eigenvalue weighted by Gasteiger charge is -2.07. The molecule has 21 heavy (non-hydrogen) atoms. The van der Waals surface area contributed by atoms with Gasteiger partial charge in [0.2, 0.25) is 0 Å². The lowest BCUT2D eigenvalue weighted by molar-refractivity contribution is 1.11. The molecule has 1 aromatic carbocycles. The SMILES string of the molecule is Cc1nc(Br)ccc1NCc1cc(-c2ccccc2)cs1. The third-order valence-corrected chi connectivity index (χ3v) is 4.64. The number of hydrogen-bond acceptors (Lipinski definition) is 3. The third-order valence-electron chi connectivity index (χ3n) is 3.27. The standard InChI is InChI=1S/C17H15BrN2S/c1-12-16(7-8-17(18)20-12)19-10-15-9-14(11-21-15)13-5-3-2-4-6-13/h2-9,11,19H,10H2,1H3. The van der Waals surface area contributed by atoms with Gasteiger partial charge in [-0.25, -0.2) is 4.98 Å². The number of rotatable bonds is 4. The minimum atomic E-state index is 0.821. The number of aryl methyl sites for hydroxylation is 1. The van der Waals surface area contributed by atoms with Gasteiger partial charge in [0.15, 0.2) is 0 Å². The van der Waals surface area contributed by atoms with Crippen molar-refractivity contribution in [2.75, 3.05) is 5.32 Å². The Bertz CT molecular complexity index is 738. The summed E-state index contributed by atoms with van der Waals surface area (Å²) in [6.07, 6.45) is 0. The molecule has 2 nitrogen and oxygen atoms in total. The van der Waals surface area contributed by atoms with Crippen molar-refractivity contribution in [1.82, 2.24) is 4.98 Å². The van der Waals surface area contributed by atoms with Crippen molar-refractivity contribution >= 4 is 33.0 Å². The van der Waals surface area contributed by atoms with Crippen LogP contribution in [-0.4, -0.2) is 4.98 Å². The summed E-state index contributed by atoms with van der Waals surface area (Å²) < 4.78 is 0.869. The van der Waals surface area contributed by atoms with E-state index in [0.717, 1.165) is 22.5 Å². The average Bonchev–Trinajstić information content (AvgIpc) is 2.96. The van der Waals surface area contributed by atoms with Crippen LogP contribution in [0.25, 0.3) is 11.1 Å². The fourth-order valence-corrected chi connectivity index (χ4v) is 3.39. The molecule has 0 atom stereocenters. The van der Waals surface area contributed by atoms with Gasteiger partial charge in [0, 0.05) is 11.4 Å². The van der Waals surface area contributed by atoms with E-state index in [2.05, 4.69) is 68.0 Å². The monoisotopic (exact) mass is 358 g/mol. The molecule has 2 heterocycles. The van der Waals surface area contributed by atoms with E-state index in [1.54, 1.807) is 11.3 Å². The Labute approximate surface area is 137 Å². The van der Waals surface area contributed by atoms with Gasteiger partial charge in [-0.1, -0.05) is 30.3 Å². The van der Waals surface area contributed by atoms with Gasteiger partial charge in [-0.3, -0.25) is 0 Å². The second-order valence-electron chi connectivity index (χ2n) is 4.79. The molecule has 0 radical (unpaired) electrons. The molecule has 2 aromatic heterocycles. The summed E-state index contributed by atoms with van der Waals surface area (Å²) in [5.74, 6) is 0. The van der Waals surface area contributed by atoms with Gasteiger partial charge in [0.1, 0.15) is 4.60 Å². The van der Waals surface area contributed by atoms with E-state index < -0.39 is 0 Å². The van der Waals surface area contributed by atoms with Gasteiger partial charge in [0.05, 0.1) is 11.4 Å². The predicted octanol–water partition coefficient (Wildman–Crippen LogP) is 5.49. The summed E-state index contributed by atoms with van der Waals surface area (Å²) in [7, 11) is 0. The molecule has 1 N–H and O–H groups in total. The van der Waals surface area contributed by atoms with E-state index in [1.807, 2.05) is 19.1 Å².